The molecule has 0 spiro atoms. The summed E-state index contributed by atoms with van der Waals surface area (Å²) >= 11 is 6.31. The third kappa shape index (κ3) is 5.71. The molecule has 1 aromatic heterocycles. The normalized spacial score (nSPS) is 16.0. The Morgan fingerprint density at radius 1 is 1.34 bits per heavy atom. The molecule has 0 aliphatic carbocycles. The average Bonchev–Trinajstić information content (AvgIpc) is 3.15. The van der Waals surface area contributed by atoms with E-state index in [0.29, 0.717) is 48.8 Å². The van der Waals surface area contributed by atoms with Crippen molar-refractivity contribution in [2.75, 3.05) is 19.3 Å². The number of nitrogens with zero attached hydrogens (tertiary/aromatic N) is 3. The van der Waals surface area contributed by atoms with Crippen molar-refractivity contribution in [2.45, 2.75) is 39.0 Å². The van der Waals surface area contributed by atoms with Crippen LogP contribution in [0.4, 0.5) is 0 Å². The van der Waals surface area contributed by atoms with Gasteiger partial charge < -0.3 is 10.1 Å². The van der Waals surface area contributed by atoms with Gasteiger partial charge in [-0.15, -0.1) is 0 Å². The van der Waals surface area contributed by atoms with Crippen molar-refractivity contribution in [1.82, 2.24) is 19.4 Å². The molecule has 8 nitrogen and oxygen atoms in total. The Balaban J connectivity index is 1.55. The van der Waals surface area contributed by atoms with Gasteiger partial charge >= 0.3 is 0 Å². The minimum Gasteiger partial charge on any atom is -0.489 e. The van der Waals surface area contributed by atoms with E-state index in [1.807, 2.05) is 13.1 Å². The van der Waals surface area contributed by atoms with Crippen LogP contribution in [0.3, 0.4) is 0 Å². The number of carbonyl (C=O) groups excluding carboxylic acids is 1. The molecule has 0 radical (unpaired) electrons. The molecule has 1 aliphatic heterocycles. The number of hydrogen-bond donors (Lipinski definition) is 1. The molecule has 1 aliphatic rings. The first kappa shape index (κ1) is 21.6. The average molecular weight is 441 g/mol. The molecule has 1 N–H and O–H groups in total. The van der Waals surface area contributed by atoms with Gasteiger partial charge in [0.2, 0.25) is 10.0 Å². The highest BCUT2D eigenvalue weighted by Gasteiger charge is 2.26. The number of sulfonamides is 1. The summed E-state index contributed by atoms with van der Waals surface area (Å²) in [5.74, 6) is 0.259. The lowest BCUT2D eigenvalue weighted by Gasteiger charge is -2.30. The Morgan fingerprint density at radius 2 is 2.07 bits per heavy atom. The van der Waals surface area contributed by atoms with E-state index in [1.165, 1.54) is 10.6 Å². The minimum absolute atomic E-state index is 0.111. The lowest BCUT2D eigenvalue weighted by atomic mass is 10.1. The minimum atomic E-state index is -3.17. The van der Waals surface area contributed by atoms with Gasteiger partial charge in [0, 0.05) is 43.5 Å². The van der Waals surface area contributed by atoms with Gasteiger partial charge in [-0.3, -0.25) is 9.48 Å². The molecule has 2 aromatic rings. The highest BCUT2D eigenvalue weighted by Crippen LogP contribution is 2.28. The number of rotatable bonds is 7. The number of hydrogen-bond acceptors (Lipinski definition) is 5. The lowest BCUT2D eigenvalue weighted by molar-refractivity contribution is 0.0950. The molecule has 1 amide bonds. The lowest BCUT2D eigenvalue weighted by Crippen LogP contribution is -2.41. The van der Waals surface area contributed by atoms with Crippen LogP contribution in [0.2, 0.25) is 5.02 Å². The summed E-state index contributed by atoms with van der Waals surface area (Å²) in [5.41, 5.74) is 1.36. The smallest absolute Gasteiger partial charge is 0.251 e. The maximum Gasteiger partial charge on any atom is 0.251 e. The van der Waals surface area contributed by atoms with Gasteiger partial charge in [0.25, 0.3) is 5.91 Å². The van der Waals surface area contributed by atoms with Crippen molar-refractivity contribution in [3.63, 3.8) is 0 Å². The number of ether oxygens (including phenoxy) is 1. The molecule has 158 valence electrons. The summed E-state index contributed by atoms with van der Waals surface area (Å²) in [5, 5.41) is 7.37. The van der Waals surface area contributed by atoms with Crippen molar-refractivity contribution < 1.29 is 17.9 Å². The topological polar surface area (TPSA) is 93.5 Å². The van der Waals surface area contributed by atoms with Crippen LogP contribution in [0.15, 0.2) is 30.6 Å². The number of benzene rings is 1. The summed E-state index contributed by atoms with van der Waals surface area (Å²) in [6.07, 6.45) is 5.90. The van der Waals surface area contributed by atoms with Crippen molar-refractivity contribution in [1.29, 1.82) is 0 Å². The maximum atomic E-state index is 12.4. The fourth-order valence-electron chi connectivity index (χ4n) is 3.15. The van der Waals surface area contributed by atoms with Crippen molar-refractivity contribution in [3.05, 3.63) is 46.7 Å². The van der Waals surface area contributed by atoms with Crippen molar-refractivity contribution >= 4 is 27.5 Å². The first-order valence-electron chi connectivity index (χ1n) is 9.47. The largest absolute Gasteiger partial charge is 0.489 e. The number of aromatic nitrogens is 2. The number of aryl methyl sites for hydroxylation is 1. The van der Waals surface area contributed by atoms with Gasteiger partial charge in [0.15, 0.2) is 0 Å². The van der Waals surface area contributed by atoms with Crippen LogP contribution in [0, 0.1) is 0 Å². The van der Waals surface area contributed by atoms with E-state index in [-0.39, 0.29) is 12.0 Å². The summed E-state index contributed by atoms with van der Waals surface area (Å²) in [6, 6.07) is 4.92. The van der Waals surface area contributed by atoms with Gasteiger partial charge in [0.05, 0.1) is 17.5 Å². The number of amides is 1. The van der Waals surface area contributed by atoms with Crippen LogP contribution in [-0.2, 0) is 23.1 Å². The van der Waals surface area contributed by atoms with Crippen LogP contribution in [0.5, 0.6) is 5.75 Å². The molecule has 1 aromatic carbocycles. The monoisotopic (exact) mass is 440 g/mol. The van der Waals surface area contributed by atoms with Crippen molar-refractivity contribution in [3.8, 4) is 5.75 Å². The Labute approximate surface area is 175 Å². The summed E-state index contributed by atoms with van der Waals surface area (Å²) < 4.78 is 32.4. The second-order valence-corrected chi connectivity index (χ2v) is 9.40. The number of carbonyl (C=O) groups is 1. The molecule has 3 rings (SSSR count). The van der Waals surface area contributed by atoms with E-state index >= 15 is 0 Å². The van der Waals surface area contributed by atoms with Gasteiger partial charge in [-0.05, 0) is 38.0 Å². The fraction of sp³-hybridized carbons (Fsp3) is 0.474. The van der Waals surface area contributed by atoms with Crippen LogP contribution >= 0.6 is 11.6 Å². The van der Waals surface area contributed by atoms with Gasteiger partial charge in [0.1, 0.15) is 11.9 Å². The molecule has 0 unspecified atom stereocenters. The van der Waals surface area contributed by atoms with E-state index < -0.39 is 10.0 Å². The van der Waals surface area contributed by atoms with E-state index in [9.17, 15) is 13.2 Å². The van der Waals surface area contributed by atoms with Crippen LogP contribution in [0.1, 0.15) is 35.7 Å². The molecule has 10 heteroatoms. The van der Waals surface area contributed by atoms with E-state index in [1.54, 1.807) is 29.1 Å². The molecule has 29 heavy (non-hydrogen) atoms. The zero-order valence-electron chi connectivity index (χ0n) is 16.5. The molecular weight excluding hydrogens is 416 g/mol. The Morgan fingerprint density at radius 3 is 2.66 bits per heavy atom. The van der Waals surface area contributed by atoms with Gasteiger partial charge in [-0.1, -0.05) is 11.6 Å². The molecule has 0 saturated carbocycles. The van der Waals surface area contributed by atoms with Crippen LogP contribution in [0.25, 0.3) is 0 Å². The third-order valence-corrected chi connectivity index (χ3v) is 6.42. The Hall–Kier alpha value is -2.10. The first-order valence-corrected chi connectivity index (χ1v) is 11.7. The first-order chi connectivity index (χ1) is 13.8. The molecule has 2 heterocycles. The molecular formula is C19H25ClN4O4S. The number of halogens is 1. The summed E-state index contributed by atoms with van der Waals surface area (Å²) in [7, 11) is -3.17. The molecule has 0 atom stereocenters. The van der Waals surface area contributed by atoms with E-state index in [2.05, 4.69) is 10.4 Å². The standard InChI is InChI=1S/C19H25ClN4O4S/c1-3-23-13-14(12-22-23)11-21-19(25)15-4-5-18(17(20)10-15)28-16-6-8-24(9-7-16)29(2,26)27/h4-5,10,12-13,16H,3,6-9,11H2,1-2H3,(H,21,25). The molecule has 1 saturated heterocycles. The fourth-order valence-corrected chi connectivity index (χ4v) is 4.25. The Bertz CT molecular complexity index is 968. The zero-order chi connectivity index (χ0) is 21.0. The molecule has 0 bridgehead atoms. The highest BCUT2D eigenvalue weighted by atomic mass is 35.5. The van der Waals surface area contributed by atoms with Gasteiger partial charge in [-0.25, -0.2) is 12.7 Å². The zero-order valence-corrected chi connectivity index (χ0v) is 18.0. The van der Waals surface area contributed by atoms with Crippen molar-refractivity contribution in [2.24, 2.45) is 0 Å². The summed E-state index contributed by atoms with van der Waals surface area (Å²) in [4.78, 5) is 12.4. The van der Waals surface area contributed by atoms with Crippen LogP contribution < -0.4 is 10.1 Å². The Kier molecular flexibility index (Phi) is 6.81. The quantitative estimate of drug-likeness (QED) is 0.712. The number of piperidine rings is 1. The van der Waals surface area contributed by atoms with Crippen LogP contribution in [-0.4, -0.2) is 53.9 Å². The summed E-state index contributed by atoms with van der Waals surface area (Å²) in [6.45, 7) is 4.01. The second kappa shape index (κ2) is 9.15. The SMILES string of the molecule is CCn1cc(CNC(=O)c2ccc(OC3CCN(S(C)(=O)=O)CC3)c(Cl)c2)cn1. The third-order valence-electron chi connectivity index (χ3n) is 4.82. The van der Waals surface area contributed by atoms with E-state index in [4.69, 9.17) is 16.3 Å². The predicted molar refractivity (Wildman–Crippen MR) is 111 cm³/mol. The predicted octanol–water partition coefficient (Wildman–Crippen LogP) is 2.29. The van der Waals surface area contributed by atoms with E-state index in [0.717, 1.165) is 12.1 Å². The number of nitrogens with one attached hydrogen (secondary N) is 1. The maximum absolute atomic E-state index is 12.4. The van der Waals surface area contributed by atoms with Gasteiger partial charge in [-0.2, -0.15) is 5.10 Å². The second-order valence-electron chi connectivity index (χ2n) is 7.01. The highest BCUT2D eigenvalue weighted by molar-refractivity contribution is 7.88. The molecule has 1 fully saturated rings.